The molecule has 1 heterocycles. The molecule has 152 valence electrons. The van der Waals surface area contributed by atoms with Crippen molar-refractivity contribution < 1.29 is 14.3 Å². The highest BCUT2D eigenvalue weighted by molar-refractivity contribution is 7.99. The van der Waals surface area contributed by atoms with Crippen LogP contribution in [0.15, 0.2) is 47.6 Å². The average Bonchev–Trinajstić information content (AvgIpc) is 3.15. The van der Waals surface area contributed by atoms with Crippen molar-refractivity contribution in [2.75, 3.05) is 25.3 Å². The van der Waals surface area contributed by atoms with Gasteiger partial charge < -0.3 is 14.8 Å². The van der Waals surface area contributed by atoms with Gasteiger partial charge in [-0.05, 0) is 46.3 Å². The minimum Gasteiger partial charge on any atom is -0.497 e. The third-order valence-electron chi connectivity index (χ3n) is 3.99. The number of carbonyl (C=O) groups is 1. The molecule has 0 saturated carbocycles. The maximum absolute atomic E-state index is 12.3. The number of halogens is 1. The number of nitrogens with zero attached hydrogens (tertiary/aromatic N) is 4. The van der Waals surface area contributed by atoms with E-state index in [2.05, 4.69) is 20.8 Å². The van der Waals surface area contributed by atoms with E-state index < -0.39 is 0 Å². The Morgan fingerprint density at radius 2 is 1.97 bits per heavy atom. The lowest BCUT2D eigenvalue weighted by molar-refractivity contribution is -0.115. The number of ether oxygens (including phenoxy) is 2. The fourth-order valence-electron chi connectivity index (χ4n) is 2.53. The standard InChI is InChI=1S/C19H20ClN5O3S/c1-27-15-6-3-13(4-7-15)12-25-19(22-23-24-25)29-10-9-18(26)21-16-11-14(20)5-8-17(16)28-2/h3-8,11H,9-10,12H2,1-2H3,(H,21,26). The largest absolute Gasteiger partial charge is 0.497 e. The second-order valence-corrected chi connectivity index (χ2v) is 7.46. The number of rotatable bonds is 9. The van der Waals surface area contributed by atoms with Crippen molar-refractivity contribution >= 4 is 35.0 Å². The Morgan fingerprint density at radius 1 is 1.17 bits per heavy atom. The van der Waals surface area contributed by atoms with Crippen molar-refractivity contribution in [3.8, 4) is 11.5 Å². The first kappa shape index (κ1) is 20.9. The maximum Gasteiger partial charge on any atom is 0.225 e. The fourth-order valence-corrected chi connectivity index (χ4v) is 3.52. The molecule has 3 rings (SSSR count). The van der Waals surface area contributed by atoms with E-state index in [0.29, 0.717) is 33.9 Å². The van der Waals surface area contributed by atoms with Gasteiger partial charge in [-0.3, -0.25) is 4.79 Å². The van der Waals surface area contributed by atoms with E-state index in [1.165, 1.54) is 18.9 Å². The normalized spacial score (nSPS) is 10.6. The summed E-state index contributed by atoms with van der Waals surface area (Å²) < 4.78 is 12.1. The molecule has 3 aromatic rings. The lowest BCUT2D eigenvalue weighted by atomic mass is 10.2. The molecule has 0 spiro atoms. The molecule has 1 N–H and O–H groups in total. The zero-order valence-corrected chi connectivity index (χ0v) is 17.5. The maximum atomic E-state index is 12.3. The van der Waals surface area contributed by atoms with Gasteiger partial charge in [-0.15, -0.1) is 5.10 Å². The molecule has 0 fully saturated rings. The number of tetrazole rings is 1. The van der Waals surface area contributed by atoms with Crippen molar-refractivity contribution in [3.05, 3.63) is 53.1 Å². The summed E-state index contributed by atoms with van der Waals surface area (Å²) in [6, 6.07) is 12.8. The van der Waals surface area contributed by atoms with E-state index in [0.717, 1.165) is 11.3 Å². The fraction of sp³-hybridized carbons (Fsp3) is 0.263. The summed E-state index contributed by atoms with van der Waals surface area (Å²) >= 11 is 7.40. The van der Waals surface area contributed by atoms with Gasteiger partial charge in [0.05, 0.1) is 26.5 Å². The first-order valence-corrected chi connectivity index (χ1v) is 10.1. The highest BCUT2D eigenvalue weighted by Gasteiger charge is 2.11. The lowest BCUT2D eigenvalue weighted by Crippen LogP contribution is -2.13. The number of methoxy groups -OCH3 is 2. The molecule has 10 heteroatoms. The summed E-state index contributed by atoms with van der Waals surface area (Å²) in [5.74, 6) is 1.73. The summed E-state index contributed by atoms with van der Waals surface area (Å²) in [6.07, 6.45) is 0.287. The Balaban J connectivity index is 1.52. The number of carbonyl (C=O) groups excluding carboxylic acids is 1. The third-order valence-corrected chi connectivity index (χ3v) is 5.18. The van der Waals surface area contributed by atoms with Crippen LogP contribution in [0.2, 0.25) is 5.02 Å². The van der Waals surface area contributed by atoms with Crippen molar-refractivity contribution in [2.24, 2.45) is 0 Å². The van der Waals surface area contributed by atoms with E-state index >= 15 is 0 Å². The first-order chi connectivity index (χ1) is 14.1. The second-order valence-electron chi connectivity index (χ2n) is 5.96. The molecule has 0 atom stereocenters. The number of aromatic nitrogens is 4. The van der Waals surface area contributed by atoms with Gasteiger partial charge in [-0.1, -0.05) is 35.5 Å². The zero-order chi connectivity index (χ0) is 20.6. The summed E-state index contributed by atoms with van der Waals surface area (Å²) in [7, 11) is 3.17. The number of benzene rings is 2. The minimum atomic E-state index is -0.146. The van der Waals surface area contributed by atoms with Crippen LogP contribution >= 0.6 is 23.4 Å². The van der Waals surface area contributed by atoms with Gasteiger partial charge in [-0.25, -0.2) is 4.68 Å². The van der Waals surface area contributed by atoms with Crippen molar-refractivity contribution in [2.45, 2.75) is 18.1 Å². The molecule has 0 aliphatic carbocycles. The molecule has 0 aliphatic heterocycles. The molecule has 0 saturated heterocycles. The van der Waals surface area contributed by atoms with Gasteiger partial charge in [0.1, 0.15) is 11.5 Å². The van der Waals surface area contributed by atoms with E-state index in [1.54, 1.807) is 30.0 Å². The smallest absolute Gasteiger partial charge is 0.225 e. The predicted octanol–water partition coefficient (Wildman–Crippen LogP) is 3.51. The molecule has 0 aliphatic rings. The number of hydrogen-bond acceptors (Lipinski definition) is 7. The molecular weight excluding hydrogens is 414 g/mol. The van der Waals surface area contributed by atoms with Crippen molar-refractivity contribution in [3.63, 3.8) is 0 Å². The van der Waals surface area contributed by atoms with Gasteiger partial charge in [-0.2, -0.15) is 0 Å². The Hall–Kier alpha value is -2.78. The quantitative estimate of drug-likeness (QED) is 0.516. The molecule has 2 aromatic carbocycles. The number of thioether (sulfide) groups is 1. The topological polar surface area (TPSA) is 91.2 Å². The Kier molecular flexibility index (Phi) is 7.31. The van der Waals surface area contributed by atoms with Crippen LogP contribution in [0.1, 0.15) is 12.0 Å². The monoisotopic (exact) mass is 433 g/mol. The number of hydrogen-bond donors (Lipinski definition) is 1. The van der Waals surface area contributed by atoms with E-state index in [-0.39, 0.29) is 12.3 Å². The van der Waals surface area contributed by atoms with Crippen LogP contribution in [0.4, 0.5) is 5.69 Å². The lowest BCUT2D eigenvalue weighted by Gasteiger charge is -2.10. The predicted molar refractivity (Wildman–Crippen MR) is 112 cm³/mol. The summed E-state index contributed by atoms with van der Waals surface area (Å²) in [5.41, 5.74) is 1.59. The van der Waals surface area contributed by atoms with Crippen LogP contribution in [0.3, 0.4) is 0 Å². The molecular formula is C19H20ClN5O3S. The molecule has 0 radical (unpaired) electrons. The minimum absolute atomic E-state index is 0.146. The van der Waals surface area contributed by atoms with Crippen LogP contribution in [0.25, 0.3) is 0 Å². The van der Waals surface area contributed by atoms with Gasteiger partial charge in [0.2, 0.25) is 11.1 Å². The van der Waals surface area contributed by atoms with Crippen molar-refractivity contribution in [1.29, 1.82) is 0 Å². The summed E-state index contributed by atoms with van der Waals surface area (Å²) in [4.78, 5) is 12.3. The van der Waals surface area contributed by atoms with E-state index in [1.807, 2.05) is 24.3 Å². The SMILES string of the molecule is COc1ccc(Cn2nnnc2SCCC(=O)Nc2cc(Cl)ccc2OC)cc1. The number of anilines is 1. The molecule has 1 amide bonds. The van der Waals surface area contributed by atoms with Crippen molar-refractivity contribution in [1.82, 2.24) is 20.2 Å². The number of amides is 1. The van der Waals surface area contributed by atoms with Gasteiger partial charge in [0, 0.05) is 17.2 Å². The van der Waals surface area contributed by atoms with Crippen LogP contribution in [-0.2, 0) is 11.3 Å². The van der Waals surface area contributed by atoms with Gasteiger partial charge in [0.25, 0.3) is 0 Å². The molecule has 0 unspecified atom stereocenters. The van der Waals surface area contributed by atoms with Crippen LogP contribution in [0.5, 0.6) is 11.5 Å². The van der Waals surface area contributed by atoms with Gasteiger partial charge >= 0.3 is 0 Å². The Labute approximate surface area is 177 Å². The highest BCUT2D eigenvalue weighted by atomic mass is 35.5. The van der Waals surface area contributed by atoms with Crippen LogP contribution in [-0.4, -0.2) is 46.1 Å². The van der Waals surface area contributed by atoms with E-state index in [9.17, 15) is 4.79 Å². The summed E-state index contributed by atoms with van der Waals surface area (Å²) in [6.45, 7) is 0.533. The van der Waals surface area contributed by atoms with Gasteiger partial charge in [0.15, 0.2) is 0 Å². The Morgan fingerprint density at radius 3 is 2.69 bits per heavy atom. The summed E-state index contributed by atoms with van der Waals surface area (Å²) in [5, 5.41) is 15.8. The van der Waals surface area contributed by atoms with E-state index in [4.69, 9.17) is 21.1 Å². The molecule has 1 aromatic heterocycles. The highest BCUT2D eigenvalue weighted by Crippen LogP contribution is 2.28. The van der Waals surface area contributed by atoms with Crippen LogP contribution < -0.4 is 14.8 Å². The molecule has 29 heavy (non-hydrogen) atoms. The molecule has 8 nitrogen and oxygen atoms in total. The average molecular weight is 434 g/mol. The molecule has 0 bridgehead atoms. The third kappa shape index (κ3) is 5.85. The second kappa shape index (κ2) is 10.1. The van der Waals surface area contributed by atoms with Crippen LogP contribution in [0, 0.1) is 0 Å². The number of nitrogens with one attached hydrogen (secondary N) is 1. The Bertz CT molecular complexity index is 965. The zero-order valence-electron chi connectivity index (χ0n) is 16.0. The first-order valence-electron chi connectivity index (χ1n) is 8.74.